The first kappa shape index (κ1) is 9.90. The fraction of sp³-hybridized carbons (Fsp3) is 0.333. The van der Waals surface area contributed by atoms with E-state index < -0.39 is 0 Å². The van der Waals surface area contributed by atoms with E-state index in [1.54, 1.807) is 0 Å². The SMILES string of the molecule is CC(C)c1nnc(Cc2ccccc2)o1. The Hall–Kier alpha value is -1.64. The molecule has 78 valence electrons. The van der Waals surface area contributed by atoms with Gasteiger partial charge in [-0.3, -0.25) is 0 Å². The topological polar surface area (TPSA) is 38.9 Å². The maximum atomic E-state index is 5.53. The average molecular weight is 202 g/mol. The molecule has 0 aliphatic carbocycles. The van der Waals surface area contributed by atoms with Gasteiger partial charge in [0.2, 0.25) is 11.8 Å². The van der Waals surface area contributed by atoms with Crippen LogP contribution < -0.4 is 0 Å². The molecule has 2 aromatic rings. The second-order valence-corrected chi connectivity index (χ2v) is 3.85. The Labute approximate surface area is 89.2 Å². The van der Waals surface area contributed by atoms with Gasteiger partial charge in [0.05, 0.1) is 6.42 Å². The molecule has 0 saturated heterocycles. The molecule has 0 unspecified atom stereocenters. The molecule has 15 heavy (non-hydrogen) atoms. The molecule has 0 radical (unpaired) electrons. The maximum absolute atomic E-state index is 5.53. The summed E-state index contributed by atoms with van der Waals surface area (Å²) in [6.45, 7) is 4.08. The van der Waals surface area contributed by atoms with Crippen molar-refractivity contribution in [1.82, 2.24) is 10.2 Å². The number of nitrogens with zero attached hydrogens (tertiary/aromatic N) is 2. The smallest absolute Gasteiger partial charge is 0.220 e. The summed E-state index contributed by atoms with van der Waals surface area (Å²) in [4.78, 5) is 0. The van der Waals surface area contributed by atoms with Crippen LogP contribution in [0.2, 0.25) is 0 Å². The molecule has 0 bridgehead atoms. The molecule has 0 atom stereocenters. The maximum Gasteiger partial charge on any atom is 0.220 e. The van der Waals surface area contributed by atoms with Crippen molar-refractivity contribution in [3.63, 3.8) is 0 Å². The van der Waals surface area contributed by atoms with Crippen molar-refractivity contribution in [2.45, 2.75) is 26.2 Å². The van der Waals surface area contributed by atoms with Crippen LogP contribution in [0.4, 0.5) is 0 Å². The van der Waals surface area contributed by atoms with Crippen molar-refractivity contribution >= 4 is 0 Å². The molecule has 0 aliphatic rings. The molecular weight excluding hydrogens is 188 g/mol. The third kappa shape index (κ3) is 2.43. The van der Waals surface area contributed by atoms with Crippen molar-refractivity contribution < 1.29 is 4.42 Å². The van der Waals surface area contributed by atoms with Crippen LogP contribution in [0.3, 0.4) is 0 Å². The Morgan fingerprint density at radius 3 is 2.47 bits per heavy atom. The number of benzene rings is 1. The molecule has 0 aliphatic heterocycles. The highest BCUT2D eigenvalue weighted by Gasteiger charge is 2.09. The molecule has 0 saturated carbocycles. The Balaban J connectivity index is 2.12. The van der Waals surface area contributed by atoms with Crippen LogP contribution in [-0.4, -0.2) is 10.2 Å². The van der Waals surface area contributed by atoms with Gasteiger partial charge in [-0.25, -0.2) is 0 Å². The lowest BCUT2D eigenvalue weighted by Gasteiger charge is -1.96. The molecule has 3 nitrogen and oxygen atoms in total. The highest BCUT2D eigenvalue weighted by molar-refractivity contribution is 5.17. The monoisotopic (exact) mass is 202 g/mol. The van der Waals surface area contributed by atoms with E-state index in [0.29, 0.717) is 24.1 Å². The Morgan fingerprint density at radius 1 is 1.13 bits per heavy atom. The van der Waals surface area contributed by atoms with Crippen molar-refractivity contribution in [2.75, 3.05) is 0 Å². The lowest BCUT2D eigenvalue weighted by molar-refractivity contribution is 0.439. The molecule has 0 amide bonds. The lowest BCUT2D eigenvalue weighted by atomic mass is 10.1. The first-order valence-corrected chi connectivity index (χ1v) is 5.12. The van der Waals surface area contributed by atoms with E-state index in [1.807, 2.05) is 32.0 Å². The summed E-state index contributed by atoms with van der Waals surface area (Å²) in [6, 6.07) is 10.1. The number of rotatable bonds is 3. The summed E-state index contributed by atoms with van der Waals surface area (Å²) >= 11 is 0. The predicted octanol–water partition coefficient (Wildman–Crippen LogP) is 2.78. The van der Waals surface area contributed by atoms with Crippen LogP contribution in [-0.2, 0) is 6.42 Å². The predicted molar refractivity (Wildman–Crippen MR) is 57.6 cm³/mol. The molecule has 3 heteroatoms. The summed E-state index contributed by atoms with van der Waals surface area (Å²) < 4.78 is 5.53. The van der Waals surface area contributed by atoms with E-state index in [9.17, 15) is 0 Å². The highest BCUT2D eigenvalue weighted by atomic mass is 16.4. The van der Waals surface area contributed by atoms with Gasteiger partial charge >= 0.3 is 0 Å². The summed E-state index contributed by atoms with van der Waals surface area (Å²) in [5, 5.41) is 8.01. The second kappa shape index (κ2) is 4.26. The average Bonchev–Trinajstić information content (AvgIpc) is 2.68. The van der Waals surface area contributed by atoms with Crippen LogP contribution in [0, 0.1) is 0 Å². The zero-order valence-corrected chi connectivity index (χ0v) is 8.97. The van der Waals surface area contributed by atoms with Gasteiger partial charge in [0.25, 0.3) is 0 Å². The molecule has 0 fully saturated rings. The van der Waals surface area contributed by atoms with E-state index in [2.05, 4.69) is 22.3 Å². The number of hydrogen-bond donors (Lipinski definition) is 0. The van der Waals surface area contributed by atoms with Gasteiger partial charge < -0.3 is 4.42 Å². The van der Waals surface area contributed by atoms with Crippen molar-refractivity contribution in [2.24, 2.45) is 0 Å². The molecule has 1 aromatic carbocycles. The molecule has 0 N–H and O–H groups in total. The number of hydrogen-bond acceptors (Lipinski definition) is 3. The Bertz CT molecular complexity index is 420. The van der Waals surface area contributed by atoms with Gasteiger partial charge in [-0.05, 0) is 5.56 Å². The van der Waals surface area contributed by atoms with Gasteiger partial charge in [-0.2, -0.15) is 0 Å². The summed E-state index contributed by atoms with van der Waals surface area (Å²) in [5.41, 5.74) is 1.19. The third-order valence-electron chi connectivity index (χ3n) is 2.17. The van der Waals surface area contributed by atoms with Crippen molar-refractivity contribution in [3.05, 3.63) is 47.7 Å². The van der Waals surface area contributed by atoms with Gasteiger partial charge in [0, 0.05) is 5.92 Å². The normalized spacial score (nSPS) is 10.9. The molecule has 2 rings (SSSR count). The number of aromatic nitrogens is 2. The fourth-order valence-electron chi connectivity index (χ4n) is 1.34. The van der Waals surface area contributed by atoms with Crippen LogP contribution in [0.15, 0.2) is 34.7 Å². The quantitative estimate of drug-likeness (QED) is 0.768. The summed E-state index contributed by atoms with van der Waals surface area (Å²) in [6.07, 6.45) is 0.709. The van der Waals surface area contributed by atoms with Gasteiger partial charge in [-0.1, -0.05) is 44.2 Å². The molecule has 1 heterocycles. The minimum absolute atomic E-state index is 0.294. The molecular formula is C12H14N2O. The zero-order chi connectivity index (χ0) is 10.7. The van der Waals surface area contributed by atoms with E-state index in [1.165, 1.54) is 5.56 Å². The summed E-state index contributed by atoms with van der Waals surface area (Å²) in [5.74, 6) is 1.69. The van der Waals surface area contributed by atoms with Gasteiger partial charge in [0.15, 0.2) is 0 Å². The largest absolute Gasteiger partial charge is 0.425 e. The Kier molecular flexibility index (Phi) is 2.81. The van der Waals surface area contributed by atoms with E-state index in [4.69, 9.17) is 4.42 Å². The summed E-state index contributed by atoms with van der Waals surface area (Å²) in [7, 11) is 0. The van der Waals surface area contributed by atoms with E-state index >= 15 is 0 Å². The van der Waals surface area contributed by atoms with E-state index in [-0.39, 0.29) is 0 Å². The van der Waals surface area contributed by atoms with Crippen LogP contribution in [0.1, 0.15) is 37.1 Å². The molecule has 0 spiro atoms. The second-order valence-electron chi connectivity index (χ2n) is 3.85. The van der Waals surface area contributed by atoms with E-state index in [0.717, 1.165) is 0 Å². The van der Waals surface area contributed by atoms with Crippen LogP contribution in [0.25, 0.3) is 0 Å². The third-order valence-corrected chi connectivity index (χ3v) is 2.17. The fourth-order valence-corrected chi connectivity index (χ4v) is 1.34. The lowest BCUT2D eigenvalue weighted by Crippen LogP contribution is -1.87. The van der Waals surface area contributed by atoms with Gasteiger partial charge in [0.1, 0.15) is 0 Å². The zero-order valence-electron chi connectivity index (χ0n) is 8.97. The van der Waals surface area contributed by atoms with Crippen molar-refractivity contribution in [1.29, 1.82) is 0 Å². The van der Waals surface area contributed by atoms with Crippen LogP contribution in [0.5, 0.6) is 0 Å². The van der Waals surface area contributed by atoms with Gasteiger partial charge in [-0.15, -0.1) is 10.2 Å². The van der Waals surface area contributed by atoms with Crippen LogP contribution >= 0.6 is 0 Å². The minimum Gasteiger partial charge on any atom is -0.425 e. The first-order chi connectivity index (χ1) is 7.25. The standard InChI is InChI=1S/C12H14N2O/c1-9(2)12-14-13-11(15-12)8-10-6-4-3-5-7-10/h3-7,9H,8H2,1-2H3. The minimum atomic E-state index is 0.294. The highest BCUT2D eigenvalue weighted by Crippen LogP contribution is 2.14. The molecule has 1 aromatic heterocycles. The van der Waals surface area contributed by atoms with Crippen molar-refractivity contribution in [3.8, 4) is 0 Å². The first-order valence-electron chi connectivity index (χ1n) is 5.12. The Morgan fingerprint density at radius 2 is 1.87 bits per heavy atom.